The van der Waals surface area contributed by atoms with Gasteiger partial charge < -0.3 is 15.4 Å². The molecule has 0 heterocycles. The van der Waals surface area contributed by atoms with Gasteiger partial charge in [0.15, 0.2) is 0 Å². The van der Waals surface area contributed by atoms with Crippen molar-refractivity contribution in [1.82, 2.24) is 10.6 Å². The lowest BCUT2D eigenvalue weighted by molar-refractivity contribution is -0.141. The van der Waals surface area contributed by atoms with Crippen LogP contribution in [0.15, 0.2) is 29.2 Å². The zero-order chi connectivity index (χ0) is 19.9. The molecule has 2 N–H and O–H groups in total. The summed E-state index contributed by atoms with van der Waals surface area (Å²) in [6.07, 6.45) is 5.04. The van der Waals surface area contributed by atoms with Gasteiger partial charge in [0.25, 0.3) is 5.91 Å². The van der Waals surface area contributed by atoms with Gasteiger partial charge >= 0.3 is 5.97 Å². The summed E-state index contributed by atoms with van der Waals surface area (Å²) in [5.41, 5.74) is 0.597. The van der Waals surface area contributed by atoms with E-state index in [0.29, 0.717) is 25.1 Å². The molecule has 0 unspecified atom stereocenters. The highest BCUT2D eigenvalue weighted by Crippen LogP contribution is 2.23. The summed E-state index contributed by atoms with van der Waals surface area (Å²) < 4.78 is 5.15. The Kier molecular flexibility index (Phi) is 12.0. The molecule has 6 nitrogen and oxygen atoms in total. The molecule has 0 aliphatic heterocycles. The summed E-state index contributed by atoms with van der Waals surface area (Å²) in [4.78, 5) is 35.4. The lowest BCUT2D eigenvalue weighted by Gasteiger charge is -2.10. The van der Waals surface area contributed by atoms with E-state index >= 15 is 0 Å². The highest BCUT2D eigenvalue weighted by molar-refractivity contribution is 7.99. The molecule has 0 fully saturated rings. The summed E-state index contributed by atoms with van der Waals surface area (Å²) in [5.74, 6) is -0.127. The van der Waals surface area contributed by atoms with Gasteiger partial charge in [-0.15, -0.1) is 0 Å². The monoisotopic (exact) mass is 394 g/mol. The van der Waals surface area contributed by atoms with Gasteiger partial charge in [-0.1, -0.05) is 43.7 Å². The number of carbonyl (C=O) groups is 3. The van der Waals surface area contributed by atoms with E-state index in [1.807, 2.05) is 25.1 Å². The summed E-state index contributed by atoms with van der Waals surface area (Å²) in [6, 6.07) is 7.32. The quantitative estimate of drug-likeness (QED) is 0.231. The number of benzene rings is 1. The standard InChI is InChI=1S/C20H30N2O4S/c1-3-10-19(24)26-15-27-18-12-7-6-11-17(18)20(25)22-14-9-5-4-8-13-21-16(2)23/h6-7,11-12H,3-5,8-10,13-15H2,1-2H3,(H,21,23)(H,22,25). The zero-order valence-corrected chi connectivity index (χ0v) is 17.0. The van der Waals surface area contributed by atoms with Crippen molar-refractivity contribution < 1.29 is 19.1 Å². The van der Waals surface area contributed by atoms with E-state index in [2.05, 4.69) is 10.6 Å². The van der Waals surface area contributed by atoms with Gasteiger partial charge in [-0.25, -0.2) is 0 Å². The Morgan fingerprint density at radius 2 is 1.67 bits per heavy atom. The molecule has 0 aromatic heterocycles. The molecule has 150 valence electrons. The Labute approximate surface area is 165 Å². The summed E-state index contributed by atoms with van der Waals surface area (Å²) in [5, 5.41) is 5.71. The Morgan fingerprint density at radius 3 is 2.33 bits per heavy atom. The molecule has 1 rings (SSSR count). The minimum absolute atomic E-state index is 0.000992. The molecule has 0 bridgehead atoms. The number of hydrogen-bond acceptors (Lipinski definition) is 5. The maximum Gasteiger partial charge on any atom is 0.306 e. The minimum Gasteiger partial charge on any atom is -0.454 e. The zero-order valence-electron chi connectivity index (χ0n) is 16.2. The van der Waals surface area contributed by atoms with Crippen molar-refractivity contribution in [2.45, 2.75) is 57.3 Å². The smallest absolute Gasteiger partial charge is 0.306 e. The molecule has 0 aliphatic rings. The van der Waals surface area contributed by atoms with Crippen molar-refractivity contribution in [3.05, 3.63) is 29.8 Å². The molecular weight excluding hydrogens is 364 g/mol. The molecule has 1 aromatic rings. The van der Waals surface area contributed by atoms with Gasteiger partial charge in [0.1, 0.15) is 5.94 Å². The Balaban J connectivity index is 2.29. The number of amides is 2. The first-order valence-electron chi connectivity index (χ1n) is 9.44. The summed E-state index contributed by atoms with van der Waals surface area (Å²) >= 11 is 1.35. The van der Waals surface area contributed by atoms with Crippen LogP contribution in [0.4, 0.5) is 0 Å². The number of carbonyl (C=O) groups excluding carboxylic acids is 3. The van der Waals surface area contributed by atoms with E-state index < -0.39 is 0 Å². The Morgan fingerprint density at radius 1 is 1.00 bits per heavy atom. The normalized spacial score (nSPS) is 10.3. The molecule has 0 saturated heterocycles. The maximum atomic E-state index is 12.4. The lowest BCUT2D eigenvalue weighted by Crippen LogP contribution is -2.25. The van der Waals surface area contributed by atoms with Crippen LogP contribution < -0.4 is 10.6 Å². The van der Waals surface area contributed by atoms with Crippen LogP contribution in [0.3, 0.4) is 0 Å². The largest absolute Gasteiger partial charge is 0.454 e. The van der Waals surface area contributed by atoms with Crippen LogP contribution in [-0.2, 0) is 14.3 Å². The van der Waals surface area contributed by atoms with Crippen molar-refractivity contribution in [2.75, 3.05) is 19.0 Å². The highest BCUT2D eigenvalue weighted by atomic mass is 32.2. The fraction of sp³-hybridized carbons (Fsp3) is 0.550. The topological polar surface area (TPSA) is 84.5 Å². The van der Waals surface area contributed by atoms with E-state index in [1.54, 1.807) is 6.07 Å². The van der Waals surface area contributed by atoms with Crippen molar-refractivity contribution in [3.8, 4) is 0 Å². The number of ether oxygens (including phenoxy) is 1. The van der Waals surface area contributed by atoms with Crippen molar-refractivity contribution in [2.24, 2.45) is 0 Å². The fourth-order valence-electron chi connectivity index (χ4n) is 2.38. The van der Waals surface area contributed by atoms with Gasteiger partial charge in [0.2, 0.25) is 5.91 Å². The first kappa shape index (κ1) is 23.0. The number of thioether (sulfide) groups is 1. The fourth-order valence-corrected chi connectivity index (χ4v) is 3.19. The van der Waals surface area contributed by atoms with E-state index in [0.717, 1.165) is 37.0 Å². The van der Waals surface area contributed by atoms with Gasteiger partial charge in [0, 0.05) is 31.3 Å². The summed E-state index contributed by atoms with van der Waals surface area (Å²) in [7, 11) is 0. The van der Waals surface area contributed by atoms with Gasteiger partial charge in [-0.2, -0.15) is 0 Å². The maximum absolute atomic E-state index is 12.4. The number of nitrogens with one attached hydrogen (secondary N) is 2. The van der Waals surface area contributed by atoms with Crippen molar-refractivity contribution >= 4 is 29.5 Å². The minimum atomic E-state index is -0.217. The van der Waals surface area contributed by atoms with Gasteiger partial charge in [0.05, 0.1) is 5.56 Å². The first-order chi connectivity index (χ1) is 13.0. The number of unbranched alkanes of at least 4 members (excludes halogenated alkanes) is 3. The van der Waals surface area contributed by atoms with Crippen LogP contribution >= 0.6 is 11.8 Å². The third-order valence-electron chi connectivity index (χ3n) is 3.78. The second-order valence-electron chi connectivity index (χ2n) is 6.18. The predicted octanol–water partition coefficient (Wildman–Crippen LogP) is 3.51. The molecule has 0 aliphatic carbocycles. The molecular formula is C20H30N2O4S. The predicted molar refractivity (Wildman–Crippen MR) is 108 cm³/mol. The number of hydrogen-bond donors (Lipinski definition) is 2. The lowest BCUT2D eigenvalue weighted by atomic mass is 10.2. The van der Waals surface area contributed by atoms with E-state index in [4.69, 9.17) is 4.74 Å². The van der Waals surface area contributed by atoms with Crippen LogP contribution in [0.5, 0.6) is 0 Å². The summed E-state index contributed by atoms with van der Waals surface area (Å²) in [6.45, 7) is 4.76. The molecule has 0 spiro atoms. The SMILES string of the molecule is CCCC(=O)OCSc1ccccc1C(=O)NCCCCCCNC(C)=O. The van der Waals surface area contributed by atoms with Crippen LogP contribution in [0.2, 0.25) is 0 Å². The van der Waals surface area contributed by atoms with Crippen LogP contribution in [-0.4, -0.2) is 36.8 Å². The molecule has 1 aromatic carbocycles. The molecule has 0 atom stereocenters. The highest BCUT2D eigenvalue weighted by Gasteiger charge is 2.11. The molecule has 0 saturated carbocycles. The average Bonchev–Trinajstić information content (AvgIpc) is 2.64. The van der Waals surface area contributed by atoms with Gasteiger partial charge in [-0.3, -0.25) is 14.4 Å². The van der Waals surface area contributed by atoms with Crippen LogP contribution in [0.25, 0.3) is 0 Å². The number of rotatable bonds is 13. The average molecular weight is 395 g/mol. The van der Waals surface area contributed by atoms with E-state index in [9.17, 15) is 14.4 Å². The van der Waals surface area contributed by atoms with E-state index in [-0.39, 0.29) is 23.7 Å². The second kappa shape index (κ2) is 14.1. The van der Waals surface area contributed by atoms with Crippen molar-refractivity contribution in [3.63, 3.8) is 0 Å². The first-order valence-corrected chi connectivity index (χ1v) is 10.4. The second-order valence-corrected chi connectivity index (χ2v) is 7.14. The third kappa shape index (κ3) is 10.7. The number of esters is 1. The molecule has 27 heavy (non-hydrogen) atoms. The van der Waals surface area contributed by atoms with Crippen molar-refractivity contribution in [1.29, 1.82) is 0 Å². The Hall–Kier alpha value is -2.02. The third-order valence-corrected chi connectivity index (χ3v) is 4.69. The molecule has 7 heteroatoms. The van der Waals surface area contributed by atoms with Gasteiger partial charge in [-0.05, 0) is 31.4 Å². The Bertz CT molecular complexity index is 607. The van der Waals surface area contributed by atoms with E-state index in [1.165, 1.54) is 18.7 Å². The molecule has 0 radical (unpaired) electrons. The molecule has 2 amide bonds. The van der Waals surface area contributed by atoms with Crippen LogP contribution in [0, 0.1) is 0 Å². The van der Waals surface area contributed by atoms with Crippen LogP contribution in [0.1, 0.15) is 62.7 Å².